The molecule has 0 bridgehead atoms. The molecule has 0 unspecified atom stereocenters. The number of nitrogens with one attached hydrogen (secondary N) is 1. The van der Waals surface area contributed by atoms with E-state index < -0.39 is 0 Å². The van der Waals surface area contributed by atoms with Crippen molar-refractivity contribution in [1.29, 1.82) is 0 Å². The summed E-state index contributed by atoms with van der Waals surface area (Å²) in [4.78, 5) is 14.9. The van der Waals surface area contributed by atoms with Gasteiger partial charge in [0.2, 0.25) is 0 Å². The first-order chi connectivity index (χ1) is 8.29. The Morgan fingerprint density at radius 3 is 3.06 bits per heavy atom. The van der Waals surface area contributed by atoms with Crippen LogP contribution in [-0.2, 0) is 4.74 Å². The molecule has 1 aliphatic heterocycles. The van der Waals surface area contributed by atoms with Crippen LogP contribution in [0.25, 0.3) is 0 Å². The summed E-state index contributed by atoms with van der Waals surface area (Å²) in [5, 5.41) is 0. The normalized spacial score (nSPS) is 18.8. The molecular formula is C12H14N2O2S. The van der Waals surface area contributed by atoms with Gasteiger partial charge in [0.25, 0.3) is 0 Å². The predicted octanol–water partition coefficient (Wildman–Crippen LogP) is 2.01. The number of esters is 1. The summed E-state index contributed by atoms with van der Waals surface area (Å²) in [7, 11) is 1.41. The molecule has 0 radical (unpaired) electrons. The number of methoxy groups -OCH3 is 1. The van der Waals surface area contributed by atoms with E-state index in [0.717, 1.165) is 11.6 Å². The van der Waals surface area contributed by atoms with E-state index in [1.165, 1.54) is 25.6 Å². The van der Waals surface area contributed by atoms with Crippen molar-refractivity contribution in [3.8, 4) is 0 Å². The van der Waals surface area contributed by atoms with Crippen LogP contribution in [0, 0.1) is 0 Å². The van der Waals surface area contributed by atoms with Crippen molar-refractivity contribution in [2.75, 3.05) is 18.7 Å². The molecule has 0 saturated heterocycles. The molecule has 3 rings (SSSR count). The lowest BCUT2D eigenvalue weighted by Gasteiger charge is -2.31. The largest absolute Gasteiger partial charge is 0.465 e. The third-order valence-electron chi connectivity index (χ3n) is 3.10. The summed E-state index contributed by atoms with van der Waals surface area (Å²) >= 11 is 1.58. The minimum absolute atomic E-state index is 0.281. The highest BCUT2D eigenvalue weighted by Crippen LogP contribution is 2.39. The second kappa shape index (κ2) is 4.23. The molecule has 1 heterocycles. The van der Waals surface area contributed by atoms with Crippen LogP contribution >= 0.6 is 11.9 Å². The fourth-order valence-electron chi connectivity index (χ4n) is 2.05. The maximum atomic E-state index is 11.5. The van der Waals surface area contributed by atoms with Crippen molar-refractivity contribution >= 4 is 23.6 Å². The van der Waals surface area contributed by atoms with E-state index >= 15 is 0 Å². The number of hydrogen-bond acceptors (Lipinski definition) is 5. The molecule has 1 aromatic carbocycles. The zero-order valence-corrected chi connectivity index (χ0v) is 10.4. The Kier molecular flexibility index (Phi) is 2.72. The molecule has 1 N–H and O–H groups in total. The molecule has 1 saturated carbocycles. The van der Waals surface area contributed by atoms with E-state index in [9.17, 15) is 4.79 Å². The van der Waals surface area contributed by atoms with Gasteiger partial charge in [-0.3, -0.25) is 0 Å². The van der Waals surface area contributed by atoms with Crippen LogP contribution in [0.4, 0.5) is 5.69 Å². The average molecular weight is 250 g/mol. The van der Waals surface area contributed by atoms with Gasteiger partial charge in [0, 0.05) is 10.9 Å². The van der Waals surface area contributed by atoms with Crippen molar-refractivity contribution in [1.82, 2.24) is 4.72 Å². The minimum atomic E-state index is -0.281. The zero-order valence-electron chi connectivity index (χ0n) is 9.60. The van der Waals surface area contributed by atoms with E-state index in [2.05, 4.69) is 9.62 Å². The fourth-order valence-corrected chi connectivity index (χ4v) is 2.89. The highest BCUT2D eigenvalue weighted by molar-refractivity contribution is 7.97. The van der Waals surface area contributed by atoms with Crippen LogP contribution in [0.5, 0.6) is 0 Å². The smallest absolute Gasteiger partial charge is 0.337 e. The number of nitrogens with zero attached hydrogens (tertiary/aromatic N) is 1. The number of ether oxygens (including phenoxy) is 1. The van der Waals surface area contributed by atoms with Gasteiger partial charge in [-0.05, 0) is 43.0 Å². The summed E-state index contributed by atoms with van der Waals surface area (Å²) < 4.78 is 8.02. The maximum Gasteiger partial charge on any atom is 0.337 e. The Hall–Kier alpha value is -1.20. The highest BCUT2D eigenvalue weighted by Gasteiger charge is 2.32. The Balaban J connectivity index is 1.94. The molecule has 1 aromatic rings. The Labute approximate surface area is 104 Å². The molecule has 0 spiro atoms. The van der Waals surface area contributed by atoms with Crippen LogP contribution in [0.15, 0.2) is 23.1 Å². The van der Waals surface area contributed by atoms with Crippen LogP contribution in [-0.4, -0.2) is 25.8 Å². The van der Waals surface area contributed by atoms with Crippen molar-refractivity contribution in [2.45, 2.75) is 23.8 Å². The molecule has 5 heteroatoms. The van der Waals surface area contributed by atoms with Gasteiger partial charge in [0.05, 0.1) is 25.0 Å². The van der Waals surface area contributed by atoms with Crippen LogP contribution in [0.1, 0.15) is 23.2 Å². The summed E-state index contributed by atoms with van der Waals surface area (Å²) in [5.74, 6) is -0.281. The fraction of sp³-hybridized carbons (Fsp3) is 0.417. The van der Waals surface area contributed by atoms with Crippen LogP contribution < -0.4 is 9.62 Å². The Morgan fingerprint density at radius 2 is 2.35 bits per heavy atom. The molecule has 2 aliphatic rings. The molecule has 1 aliphatic carbocycles. The summed E-state index contributed by atoms with van der Waals surface area (Å²) in [5.41, 5.74) is 1.84. The van der Waals surface area contributed by atoms with E-state index in [4.69, 9.17) is 4.74 Å². The summed E-state index contributed by atoms with van der Waals surface area (Å²) in [6.07, 6.45) is 2.54. The third kappa shape index (κ3) is 2.00. The minimum Gasteiger partial charge on any atom is -0.465 e. The van der Waals surface area contributed by atoms with Gasteiger partial charge in [-0.1, -0.05) is 0 Å². The predicted molar refractivity (Wildman–Crippen MR) is 67.1 cm³/mol. The third-order valence-corrected chi connectivity index (χ3v) is 3.92. The average Bonchev–Trinajstić information content (AvgIpc) is 3.20. The number of carbonyl (C=O) groups is 1. The van der Waals surface area contributed by atoms with Gasteiger partial charge in [0.1, 0.15) is 0 Å². The number of hydrogen-bond donors (Lipinski definition) is 1. The van der Waals surface area contributed by atoms with Gasteiger partial charge < -0.3 is 9.64 Å². The van der Waals surface area contributed by atoms with Gasteiger partial charge in [-0.15, -0.1) is 0 Å². The van der Waals surface area contributed by atoms with Gasteiger partial charge in [-0.2, -0.15) is 0 Å². The van der Waals surface area contributed by atoms with E-state index in [-0.39, 0.29) is 5.97 Å². The standard InChI is InChI=1S/C12H14N2O2S/c1-16-12(15)8-2-5-10-11(6-8)17-13-7-14(10)9-3-4-9/h2,5-6,9,13H,3-4,7H2,1H3. The second-order valence-corrected chi connectivity index (χ2v) is 5.21. The first kappa shape index (κ1) is 10.9. The molecule has 1 fully saturated rings. The number of fused-ring (bicyclic) bond motifs is 1. The maximum absolute atomic E-state index is 11.5. The van der Waals surface area contributed by atoms with Crippen molar-refractivity contribution in [2.24, 2.45) is 0 Å². The van der Waals surface area contributed by atoms with Crippen molar-refractivity contribution < 1.29 is 9.53 Å². The first-order valence-corrected chi connectivity index (χ1v) is 6.50. The highest BCUT2D eigenvalue weighted by atomic mass is 32.2. The van der Waals surface area contributed by atoms with E-state index in [0.29, 0.717) is 11.6 Å². The van der Waals surface area contributed by atoms with E-state index in [1.54, 1.807) is 11.9 Å². The quantitative estimate of drug-likeness (QED) is 0.642. The number of carbonyl (C=O) groups excluding carboxylic acids is 1. The number of rotatable bonds is 2. The molecule has 90 valence electrons. The zero-order chi connectivity index (χ0) is 11.8. The van der Waals surface area contributed by atoms with Gasteiger partial charge >= 0.3 is 5.97 Å². The lowest BCUT2D eigenvalue weighted by Crippen LogP contribution is -2.36. The summed E-state index contributed by atoms with van der Waals surface area (Å²) in [6, 6.07) is 6.43. The second-order valence-electron chi connectivity index (χ2n) is 4.28. The molecule has 0 amide bonds. The number of anilines is 1. The van der Waals surface area contributed by atoms with E-state index in [1.807, 2.05) is 18.2 Å². The summed E-state index contributed by atoms with van der Waals surface area (Å²) in [6.45, 7) is 0.875. The molecule has 0 atom stereocenters. The van der Waals surface area contributed by atoms with Crippen molar-refractivity contribution in [3.05, 3.63) is 23.8 Å². The Bertz CT molecular complexity index is 460. The number of benzene rings is 1. The SMILES string of the molecule is COC(=O)c1ccc2c(c1)SNCN2C1CC1. The van der Waals surface area contributed by atoms with Crippen LogP contribution in [0.3, 0.4) is 0 Å². The van der Waals surface area contributed by atoms with Gasteiger partial charge in [-0.25, -0.2) is 9.52 Å². The molecule has 4 nitrogen and oxygen atoms in total. The Morgan fingerprint density at radius 1 is 1.53 bits per heavy atom. The first-order valence-electron chi connectivity index (χ1n) is 5.68. The lowest BCUT2D eigenvalue weighted by molar-refractivity contribution is 0.0600. The molecule has 17 heavy (non-hydrogen) atoms. The van der Waals surface area contributed by atoms with Crippen LogP contribution in [0.2, 0.25) is 0 Å². The monoisotopic (exact) mass is 250 g/mol. The lowest BCUT2D eigenvalue weighted by atomic mass is 10.2. The topological polar surface area (TPSA) is 41.6 Å². The molecular weight excluding hydrogens is 236 g/mol. The molecule has 0 aromatic heterocycles. The van der Waals surface area contributed by atoms with Gasteiger partial charge in [0.15, 0.2) is 0 Å². The van der Waals surface area contributed by atoms with Crippen molar-refractivity contribution in [3.63, 3.8) is 0 Å².